The molecule has 2 N–H and O–H groups in total. The lowest BCUT2D eigenvalue weighted by Gasteiger charge is -2.13. The predicted molar refractivity (Wildman–Crippen MR) is 121 cm³/mol. The number of amides is 1. The Morgan fingerprint density at radius 1 is 1.00 bits per heavy atom. The second-order valence-corrected chi connectivity index (χ2v) is 8.74. The number of aryl methyl sites for hydroxylation is 1. The van der Waals surface area contributed by atoms with E-state index in [9.17, 15) is 13.2 Å². The first kappa shape index (κ1) is 22.5. The zero-order valence-corrected chi connectivity index (χ0v) is 18.5. The van der Waals surface area contributed by atoms with Crippen LogP contribution in [-0.2, 0) is 14.8 Å². The molecule has 0 radical (unpaired) electrons. The number of rotatable bonds is 8. The van der Waals surface area contributed by atoms with Crippen LogP contribution in [0.25, 0.3) is 0 Å². The van der Waals surface area contributed by atoms with Crippen molar-refractivity contribution in [2.45, 2.75) is 11.8 Å². The lowest BCUT2D eigenvalue weighted by molar-refractivity contribution is -0.118. The number of sulfonamides is 1. The molecule has 162 valence electrons. The van der Waals surface area contributed by atoms with Crippen LogP contribution in [0.15, 0.2) is 71.6 Å². The molecule has 1 amide bonds. The summed E-state index contributed by atoms with van der Waals surface area (Å²) in [7, 11) is -2.37. The van der Waals surface area contributed by atoms with Gasteiger partial charge in [0.25, 0.3) is 15.9 Å². The molecular formula is C22H21ClN2O5S. The molecule has 3 aromatic rings. The molecule has 0 atom stereocenters. The van der Waals surface area contributed by atoms with Gasteiger partial charge >= 0.3 is 0 Å². The molecule has 7 nitrogen and oxygen atoms in total. The highest BCUT2D eigenvalue weighted by Gasteiger charge is 2.17. The second kappa shape index (κ2) is 9.72. The van der Waals surface area contributed by atoms with E-state index in [1.807, 2.05) is 13.0 Å². The summed E-state index contributed by atoms with van der Waals surface area (Å²) in [6, 6.07) is 17.7. The summed E-state index contributed by atoms with van der Waals surface area (Å²) < 4.78 is 38.6. The largest absolute Gasteiger partial charge is 0.495 e. The van der Waals surface area contributed by atoms with E-state index in [1.165, 1.54) is 31.4 Å². The Bertz CT molecular complexity index is 1160. The van der Waals surface area contributed by atoms with E-state index in [0.717, 1.165) is 5.56 Å². The number of ether oxygens (including phenoxy) is 2. The fraction of sp³-hybridized carbons (Fsp3) is 0.136. The van der Waals surface area contributed by atoms with Gasteiger partial charge in [-0.05, 0) is 73.2 Å². The summed E-state index contributed by atoms with van der Waals surface area (Å²) in [6.45, 7) is 1.65. The Morgan fingerprint density at radius 2 is 1.68 bits per heavy atom. The number of hydrogen-bond acceptors (Lipinski definition) is 5. The average Bonchev–Trinajstić information content (AvgIpc) is 2.74. The zero-order chi connectivity index (χ0) is 22.4. The van der Waals surface area contributed by atoms with Gasteiger partial charge in [-0.25, -0.2) is 8.42 Å². The number of anilines is 2. The van der Waals surface area contributed by atoms with Gasteiger partial charge in [0.2, 0.25) is 0 Å². The molecule has 0 unspecified atom stereocenters. The third kappa shape index (κ3) is 6.13. The molecule has 0 saturated carbocycles. The van der Waals surface area contributed by atoms with Crippen LogP contribution >= 0.6 is 11.6 Å². The van der Waals surface area contributed by atoms with E-state index in [2.05, 4.69) is 10.0 Å². The van der Waals surface area contributed by atoms with Crippen molar-refractivity contribution >= 4 is 38.9 Å². The summed E-state index contributed by atoms with van der Waals surface area (Å²) >= 11 is 5.81. The zero-order valence-electron chi connectivity index (χ0n) is 16.9. The van der Waals surface area contributed by atoms with Gasteiger partial charge in [-0.1, -0.05) is 17.7 Å². The highest BCUT2D eigenvalue weighted by Crippen LogP contribution is 2.28. The second-order valence-electron chi connectivity index (χ2n) is 6.62. The van der Waals surface area contributed by atoms with E-state index >= 15 is 0 Å². The lowest BCUT2D eigenvalue weighted by atomic mass is 10.2. The topological polar surface area (TPSA) is 93.7 Å². The minimum absolute atomic E-state index is 0.0477. The van der Waals surface area contributed by atoms with Gasteiger partial charge in [0.1, 0.15) is 11.5 Å². The molecule has 3 aromatic carbocycles. The van der Waals surface area contributed by atoms with Crippen LogP contribution in [0.3, 0.4) is 0 Å². The van der Waals surface area contributed by atoms with E-state index in [0.29, 0.717) is 27.9 Å². The molecule has 0 aliphatic carbocycles. The van der Waals surface area contributed by atoms with Gasteiger partial charge in [0.05, 0.1) is 17.7 Å². The summed E-state index contributed by atoms with van der Waals surface area (Å²) in [5.74, 6) is 0.547. The molecule has 0 fully saturated rings. The number of halogens is 1. The highest BCUT2D eigenvalue weighted by molar-refractivity contribution is 7.92. The Hall–Kier alpha value is -3.23. The molecule has 0 aromatic heterocycles. The maximum Gasteiger partial charge on any atom is 0.262 e. The molecule has 9 heteroatoms. The van der Waals surface area contributed by atoms with Gasteiger partial charge in [-0.2, -0.15) is 0 Å². The van der Waals surface area contributed by atoms with Crippen molar-refractivity contribution in [2.75, 3.05) is 23.8 Å². The first-order valence-electron chi connectivity index (χ1n) is 9.22. The molecule has 31 heavy (non-hydrogen) atoms. The van der Waals surface area contributed by atoms with Gasteiger partial charge in [0, 0.05) is 10.7 Å². The molecule has 0 aliphatic heterocycles. The van der Waals surface area contributed by atoms with Crippen molar-refractivity contribution in [2.24, 2.45) is 0 Å². The molecule has 0 aliphatic rings. The number of carbonyl (C=O) groups is 1. The quantitative estimate of drug-likeness (QED) is 0.517. The standard InChI is InChI=1S/C22H21ClN2O5S/c1-15-3-12-21(29-2)20(13-15)25-31(27,28)19-10-6-17(7-11-19)24-22(26)14-30-18-8-4-16(23)5-9-18/h3-13,25H,14H2,1-2H3,(H,24,26). The molecule has 0 saturated heterocycles. The third-order valence-electron chi connectivity index (χ3n) is 4.23. The van der Waals surface area contributed by atoms with Crippen LogP contribution in [0, 0.1) is 6.92 Å². The van der Waals surface area contributed by atoms with Crippen molar-refractivity contribution in [1.82, 2.24) is 0 Å². The SMILES string of the molecule is COc1ccc(C)cc1NS(=O)(=O)c1ccc(NC(=O)COc2ccc(Cl)cc2)cc1. The minimum Gasteiger partial charge on any atom is -0.495 e. The van der Waals surface area contributed by atoms with E-state index in [4.69, 9.17) is 21.1 Å². The highest BCUT2D eigenvalue weighted by atomic mass is 35.5. The number of nitrogens with one attached hydrogen (secondary N) is 2. The molecule has 0 spiro atoms. The maximum absolute atomic E-state index is 12.7. The first-order chi connectivity index (χ1) is 14.8. The Balaban J connectivity index is 1.63. The van der Waals surface area contributed by atoms with E-state index in [-0.39, 0.29) is 17.4 Å². The normalized spacial score (nSPS) is 10.9. The van der Waals surface area contributed by atoms with Gasteiger partial charge in [-0.3, -0.25) is 9.52 Å². The number of benzene rings is 3. The molecule has 0 bridgehead atoms. The third-order valence-corrected chi connectivity index (χ3v) is 5.86. The van der Waals surface area contributed by atoms with Crippen molar-refractivity contribution < 1.29 is 22.7 Å². The van der Waals surface area contributed by atoms with Gasteiger partial charge in [0.15, 0.2) is 6.61 Å². The fourth-order valence-electron chi connectivity index (χ4n) is 2.70. The fourth-order valence-corrected chi connectivity index (χ4v) is 3.89. The monoisotopic (exact) mass is 460 g/mol. The van der Waals surface area contributed by atoms with Crippen molar-refractivity contribution in [3.63, 3.8) is 0 Å². The summed E-state index contributed by atoms with van der Waals surface area (Å²) in [6.07, 6.45) is 0. The average molecular weight is 461 g/mol. The number of hydrogen-bond donors (Lipinski definition) is 2. The molecular weight excluding hydrogens is 440 g/mol. The molecule has 0 heterocycles. The van der Waals surface area contributed by atoms with Crippen molar-refractivity contribution in [1.29, 1.82) is 0 Å². The first-order valence-corrected chi connectivity index (χ1v) is 11.1. The minimum atomic E-state index is -3.84. The summed E-state index contributed by atoms with van der Waals surface area (Å²) in [4.78, 5) is 12.1. The Kier molecular flexibility index (Phi) is 7.04. The van der Waals surface area contributed by atoms with Crippen LogP contribution < -0.4 is 19.5 Å². The van der Waals surface area contributed by atoms with Crippen LogP contribution in [0.1, 0.15) is 5.56 Å². The summed E-state index contributed by atoms with van der Waals surface area (Å²) in [5.41, 5.74) is 1.67. The Morgan fingerprint density at radius 3 is 2.32 bits per heavy atom. The van der Waals surface area contributed by atoms with Crippen LogP contribution in [0.4, 0.5) is 11.4 Å². The Labute approximate surface area is 186 Å². The van der Waals surface area contributed by atoms with Crippen LogP contribution in [-0.4, -0.2) is 28.0 Å². The van der Waals surface area contributed by atoms with Gasteiger partial charge < -0.3 is 14.8 Å². The van der Waals surface area contributed by atoms with Crippen LogP contribution in [0.5, 0.6) is 11.5 Å². The summed E-state index contributed by atoms with van der Waals surface area (Å²) in [5, 5.41) is 3.22. The van der Waals surface area contributed by atoms with Crippen molar-refractivity contribution in [3.05, 3.63) is 77.3 Å². The predicted octanol–water partition coefficient (Wildman–Crippen LogP) is 4.48. The van der Waals surface area contributed by atoms with Gasteiger partial charge in [-0.15, -0.1) is 0 Å². The van der Waals surface area contributed by atoms with E-state index in [1.54, 1.807) is 36.4 Å². The van der Waals surface area contributed by atoms with Crippen molar-refractivity contribution in [3.8, 4) is 11.5 Å². The smallest absolute Gasteiger partial charge is 0.262 e. The molecule has 3 rings (SSSR count). The lowest BCUT2D eigenvalue weighted by Crippen LogP contribution is -2.20. The van der Waals surface area contributed by atoms with Crippen LogP contribution in [0.2, 0.25) is 5.02 Å². The van der Waals surface area contributed by atoms with E-state index < -0.39 is 10.0 Å². The number of carbonyl (C=O) groups excluding carboxylic acids is 1. The maximum atomic E-state index is 12.7. The number of methoxy groups -OCH3 is 1.